The first-order valence-corrected chi connectivity index (χ1v) is 8.00. The topological polar surface area (TPSA) is 52.0 Å². The highest BCUT2D eigenvalue weighted by Gasteiger charge is 2.08. The van der Waals surface area contributed by atoms with Gasteiger partial charge in [0.1, 0.15) is 11.6 Å². The molecule has 2 heterocycles. The Hall–Kier alpha value is -2.66. The molecule has 0 amide bonds. The summed E-state index contributed by atoms with van der Waals surface area (Å²) in [6.07, 6.45) is 3.65. The molecule has 0 spiro atoms. The van der Waals surface area contributed by atoms with E-state index in [4.69, 9.17) is 4.74 Å². The van der Waals surface area contributed by atoms with Crippen LogP contribution >= 0.6 is 0 Å². The van der Waals surface area contributed by atoms with Crippen LogP contribution < -0.4 is 10.1 Å². The van der Waals surface area contributed by atoms with Gasteiger partial charge in [-0.25, -0.2) is 9.97 Å². The van der Waals surface area contributed by atoms with Gasteiger partial charge in [0.25, 0.3) is 0 Å². The Bertz CT molecular complexity index is 826. The first-order chi connectivity index (χ1) is 11.6. The largest absolute Gasteiger partial charge is 0.438 e. The van der Waals surface area contributed by atoms with E-state index in [1.807, 2.05) is 63.5 Å². The number of nitrogens with zero attached hydrogens (tertiary/aromatic N) is 3. The van der Waals surface area contributed by atoms with Gasteiger partial charge in [-0.05, 0) is 31.5 Å². The number of hydrogen-bond acceptors (Lipinski definition) is 4. The lowest BCUT2D eigenvalue weighted by Gasteiger charge is -2.12. The molecule has 0 fully saturated rings. The lowest BCUT2D eigenvalue weighted by molar-refractivity contribution is 0.449. The Morgan fingerprint density at radius 3 is 2.62 bits per heavy atom. The fourth-order valence-corrected chi connectivity index (χ4v) is 2.46. The number of imidazole rings is 1. The molecule has 0 saturated heterocycles. The number of para-hydroxylation sites is 1. The van der Waals surface area contributed by atoms with Crippen molar-refractivity contribution in [3.63, 3.8) is 0 Å². The van der Waals surface area contributed by atoms with Crippen molar-refractivity contribution in [1.29, 1.82) is 0 Å². The van der Waals surface area contributed by atoms with Crippen molar-refractivity contribution in [1.82, 2.24) is 19.9 Å². The summed E-state index contributed by atoms with van der Waals surface area (Å²) in [5.41, 5.74) is 3.27. The summed E-state index contributed by atoms with van der Waals surface area (Å²) in [7, 11) is 2.02. The van der Waals surface area contributed by atoms with Crippen molar-refractivity contribution in [2.45, 2.75) is 26.9 Å². The van der Waals surface area contributed by atoms with E-state index >= 15 is 0 Å². The number of rotatable bonds is 6. The highest BCUT2D eigenvalue weighted by Crippen LogP contribution is 2.25. The average molecular weight is 322 g/mol. The summed E-state index contributed by atoms with van der Waals surface area (Å²) in [4.78, 5) is 8.69. The van der Waals surface area contributed by atoms with Gasteiger partial charge < -0.3 is 14.6 Å². The zero-order chi connectivity index (χ0) is 16.9. The molecule has 0 bridgehead atoms. The SMILES string of the molecule is Cc1ccccc1Oc1ncccc1CNCc1cnc(C)n1C. The summed E-state index contributed by atoms with van der Waals surface area (Å²) >= 11 is 0. The zero-order valence-corrected chi connectivity index (χ0v) is 14.3. The van der Waals surface area contributed by atoms with E-state index in [0.29, 0.717) is 12.4 Å². The Morgan fingerprint density at radius 1 is 1.04 bits per heavy atom. The van der Waals surface area contributed by atoms with Crippen molar-refractivity contribution in [3.05, 3.63) is 71.4 Å². The molecule has 0 aliphatic heterocycles. The Labute approximate surface area is 142 Å². The fourth-order valence-electron chi connectivity index (χ4n) is 2.46. The second-order valence-corrected chi connectivity index (χ2v) is 5.79. The van der Waals surface area contributed by atoms with Gasteiger partial charge in [0.05, 0.1) is 5.69 Å². The van der Waals surface area contributed by atoms with Gasteiger partial charge in [0.2, 0.25) is 5.88 Å². The number of aryl methyl sites for hydroxylation is 2. The molecule has 3 aromatic rings. The monoisotopic (exact) mass is 322 g/mol. The maximum atomic E-state index is 6.00. The third kappa shape index (κ3) is 3.63. The molecule has 0 saturated carbocycles. The minimum absolute atomic E-state index is 0.639. The molecule has 0 radical (unpaired) electrons. The molecule has 2 aromatic heterocycles. The van der Waals surface area contributed by atoms with Crippen molar-refractivity contribution in [3.8, 4) is 11.6 Å². The highest BCUT2D eigenvalue weighted by molar-refractivity contribution is 5.37. The van der Waals surface area contributed by atoms with Crippen molar-refractivity contribution >= 4 is 0 Å². The molecule has 5 nitrogen and oxygen atoms in total. The summed E-state index contributed by atoms with van der Waals surface area (Å²) in [5.74, 6) is 2.48. The molecule has 3 rings (SSSR count). The molecule has 0 aliphatic carbocycles. The Kier molecular flexibility index (Phi) is 4.91. The van der Waals surface area contributed by atoms with E-state index < -0.39 is 0 Å². The highest BCUT2D eigenvalue weighted by atomic mass is 16.5. The van der Waals surface area contributed by atoms with Crippen LogP contribution in [0.2, 0.25) is 0 Å². The number of pyridine rings is 1. The lowest BCUT2D eigenvalue weighted by atomic mass is 10.2. The van der Waals surface area contributed by atoms with Crippen molar-refractivity contribution in [2.75, 3.05) is 0 Å². The Morgan fingerprint density at radius 2 is 1.88 bits per heavy atom. The molecular weight excluding hydrogens is 300 g/mol. The number of ether oxygens (including phenoxy) is 1. The first kappa shape index (κ1) is 16.2. The van der Waals surface area contributed by atoms with Gasteiger partial charge in [-0.1, -0.05) is 24.3 Å². The third-order valence-electron chi connectivity index (χ3n) is 4.09. The van der Waals surface area contributed by atoms with E-state index in [0.717, 1.165) is 34.9 Å². The second kappa shape index (κ2) is 7.27. The molecule has 124 valence electrons. The molecule has 24 heavy (non-hydrogen) atoms. The number of benzene rings is 1. The fraction of sp³-hybridized carbons (Fsp3) is 0.263. The van der Waals surface area contributed by atoms with E-state index in [-0.39, 0.29) is 0 Å². The minimum Gasteiger partial charge on any atom is -0.438 e. The first-order valence-electron chi connectivity index (χ1n) is 8.00. The number of nitrogens with one attached hydrogen (secondary N) is 1. The lowest BCUT2D eigenvalue weighted by Crippen LogP contribution is -2.16. The smallest absolute Gasteiger partial charge is 0.223 e. The number of aromatic nitrogens is 3. The van der Waals surface area contributed by atoms with Crippen LogP contribution in [0, 0.1) is 13.8 Å². The van der Waals surface area contributed by atoms with Gasteiger partial charge in [-0.2, -0.15) is 0 Å². The minimum atomic E-state index is 0.639. The molecular formula is C19H22N4O. The van der Waals surface area contributed by atoms with Crippen molar-refractivity contribution in [2.24, 2.45) is 7.05 Å². The Balaban J connectivity index is 1.68. The van der Waals surface area contributed by atoms with Gasteiger partial charge in [0.15, 0.2) is 0 Å². The van der Waals surface area contributed by atoms with Crippen LogP contribution in [0.1, 0.15) is 22.6 Å². The van der Waals surface area contributed by atoms with Gasteiger partial charge in [-0.15, -0.1) is 0 Å². The van der Waals surface area contributed by atoms with Crippen molar-refractivity contribution < 1.29 is 4.74 Å². The maximum absolute atomic E-state index is 6.00. The van der Waals surface area contributed by atoms with Gasteiger partial charge >= 0.3 is 0 Å². The number of hydrogen-bond donors (Lipinski definition) is 1. The average Bonchev–Trinajstić information content (AvgIpc) is 2.90. The van der Waals surface area contributed by atoms with Crippen LogP contribution in [-0.2, 0) is 20.1 Å². The van der Waals surface area contributed by atoms with Crippen LogP contribution in [0.25, 0.3) is 0 Å². The molecule has 1 N–H and O–H groups in total. The quantitative estimate of drug-likeness (QED) is 0.754. The van der Waals surface area contributed by atoms with Gasteiger partial charge in [0, 0.05) is 38.1 Å². The van der Waals surface area contributed by atoms with Crippen LogP contribution in [0.3, 0.4) is 0 Å². The van der Waals surface area contributed by atoms with E-state index in [2.05, 4.69) is 19.9 Å². The van der Waals surface area contributed by atoms with E-state index in [1.54, 1.807) is 6.20 Å². The van der Waals surface area contributed by atoms with E-state index in [1.165, 1.54) is 0 Å². The maximum Gasteiger partial charge on any atom is 0.223 e. The molecule has 0 unspecified atom stereocenters. The molecule has 0 atom stereocenters. The molecule has 1 aromatic carbocycles. The summed E-state index contributed by atoms with van der Waals surface area (Å²) in [6, 6.07) is 11.9. The van der Waals surface area contributed by atoms with Crippen LogP contribution in [0.15, 0.2) is 48.8 Å². The summed E-state index contributed by atoms with van der Waals surface area (Å²) in [6.45, 7) is 5.45. The van der Waals surface area contributed by atoms with Crippen LogP contribution in [0.5, 0.6) is 11.6 Å². The molecule has 0 aliphatic rings. The van der Waals surface area contributed by atoms with E-state index in [9.17, 15) is 0 Å². The van der Waals surface area contributed by atoms with Crippen LogP contribution in [-0.4, -0.2) is 14.5 Å². The standard InChI is InChI=1S/C19H22N4O/c1-14-7-4-5-9-18(14)24-19-16(8-6-10-21-19)11-20-12-17-13-22-15(2)23(17)3/h4-10,13,20H,11-12H2,1-3H3. The predicted octanol–water partition coefficient (Wildman–Crippen LogP) is 3.51. The zero-order valence-electron chi connectivity index (χ0n) is 14.3. The third-order valence-corrected chi connectivity index (χ3v) is 4.09. The van der Waals surface area contributed by atoms with Crippen LogP contribution in [0.4, 0.5) is 0 Å². The van der Waals surface area contributed by atoms with Gasteiger partial charge in [-0.3, -0.25) is 0 Å². The predicted molar refractivity (Wildman–Crippen MR) is 94.0 cm³/mol. The summed E-state index contributed by atoms with van der Waals surface area (Å²) in [5, 5.41) is 3.43. The normalized spacial score (nSPS) is 10.8. The second-order valence-electron chi connectivity index (χ2n) is 5.79. The summed E-state index contributed by atoms with van der Waals surface area (Å²) < 4.78 is 8.09. The molecule has 5 heteroatoms.